The van der Waals surface area contributed by atoms with Crippen molar-refractivity contribution >= 4 is 15.9 Å². The Morgan fingerprint density at radius 2 is 1.67 bits per heavy atom. The Morgan fingerprint density at radius 3 is 2.35 bits per heavy atom. The van der Waals surface area contributed by atoms with Crippen LogP contribution in [0.1, 0.15) is 92.9 Å². The second-order valence-electron chi connectivity index (χ2n) is 12.4. The first kappa shape index (κ1) is 32.7. The van der Waals surface area contributed by atoms with Crippen molar-refractivity contribution in [3.63, 3.8) is 0 Å². The number of carbonyl (C=O) groups excluding carboxylic acids is 1. The van der Waals surface area contributed by atoms with E-state index in [9.17, 15) is 26.4 Å². The first-order valence-electron chi connectivity index (χ1n) is 14.5. The minimum atomic E-state index is -4.69. The molecule has 4 rings (SSSR count). The monoisotopic (exact) mass is 615 g/mol. The molecule has 0 aliphatic heterocycles. The van der Waals surface area contributed by atoms with Crippen molar-refractivity contribution in [1.82, 2.24) is 15.4 Å². The fourth-order valence-corrected chi connectivity index (χ4v) is 6.55. The van der Waals surface area contributed by atoms with Gasteiger partial charge >= 0.3 is 6.18 Å². The molecule has 1 aliphatic rings. The molecule has 0 radical (unpaired) electrons. The van der Waals surface area contributed by atoms with Crippen molar-refractivity contribution in [3.05, 3.63) is 101 Å². The molecule has 1 amide bonds. The summed E-state index contributed by atoms with van der Waals surface area (Å²) in [6.45, 7) is 9.58. The second kappa shape index (κ2) is 13.2. The van der Waals surface area contributed by atoms with Crippen molar-refractivity contribution < 1.29 is 26.4 Å². The summed E-state index contributed by atoms with van der Waals surface area (Å²) in [5.74, 6) is -0.359. The Balaban J connectivity index is 1.50. The van der Waals surface area contributed by atoms with Gasteiger partial charge in [-0.15, -0.1) is 0 Å². The zero-order valence-corrected chi connectivity index (χ0v) is 25.8. The molecule has 3 aromatic carbocycles. The molecule has 3 aromatic rings. The summed E-state index contributed by atoms with van der Waals surface area (Å²) in [4.78, 5) is 12.8. The maximum atomic E-state index is 13.4. The van der Waals surface area contributed by atoms with Gasteiger partial charge in [-0.05, 0) is 72.1 Å². The molecule has 0 fully saturated rings. The van der Waals surface area contributed by atoms with Gasteiger partial charge in [0, 0.05) is 19.0 Å². The normalized spacial score (nSPS) is 17.1. The Labute approximate surface area is 252 Å². The minimum absolute atomic E-state index is 0.163. The summed E-state index contributed by atoms with van der Waals surface area (Å²) >= 11 is 0. The van der Waals surface area contributed by atoms with E-state index in [2.05, 4.69) is 61.2 Å². The number of benzene rings is 3. The SMILES string of the molecule is CC(NCC(C)(C)C)c1ccc2c(c1)CCC[C@H]2NC(=O)C[C@@H](NS(=O)(=O)c1cccc(C(F)(F)F)c1)c1ccccc1. The van der Waals surface area contributed by atoms with Crippen LogP contribution in [0.2, 0.25) is 0 Å². The maximum absolute atomic E-state index is 13.4. The Hall–Kier alpha value is -3.21. The number of nitrogens with one attached hydrogen (secondary N) is 3. The largest absolute Gasteiger partial charge is 0.416 e. The van der Waals surface area contributed by atoms with Crippen LogP contribution in [-0.4, -0.2) is 20.9 Å². The van der Waals surface area contributed by atoms with Crippen molar-refractivity contribution in [3.8, 4) is 0 Å². The lowest BCUT2D eigenvalue weighted by atomic mass is 9.85. The molecule has 232 valence electrons. The number of sulfonamides is 1. The predicted molar refractivity (Wildman–Crippen MR) is 162 cm³/mol. The zero-order valence-electron chi connectivity index (χ0n) is 25.0. The summed E-state index contributed by atoms with van der Waals surface area (Å²) < 4.78 is 68.6. The fraction of sp³-hybridized carbons (Fsp3) is 0.424. The van der Waals surface area contributed by atoms with E-state index >= 15 is 0 Å². The van der Waals surface area contributed by atoms with Crippen LogP contribution in [-0.2, 0) is 27.4 Å². The van der Waals surface area contributed by atoms with Crippen LogP contribution in [0.4, 0.5) is 13.2 Å². The molecular formula is C33H40F3N3O3S. The lowest BCUT2D eigenvalue weighted by Gasteiger charge is -2.29. The standard InChI is InChI=1S/C33H40F3N3O3S/c1-22(37-21-32(2,3)4)24-16-17-28-25(18-24)12-8-15-29(28)38-31(40)20-30(23-10-6-5-7-11-23)39-43(41,42)27-14-9-13-26(19-27)33(34,35)36/h5-7,9-11,13-14,16-19,22,29-30,37,39H,8,12,15,20-21H2,1-4H3,(H,38,40)/t22?,29-,30-/m1/s1. The molecule has 0 bridgehead atoms. The minimum Gasteiger partial charge on any atom is -0.349 e. The molecule has 0 aromatic heterocycles. The van der Waals surface area contributed by atoms with Gasteiger partial charge in [0.1, 0.15) is 0 Å². The van der Waals surface area contributed by atoms with Crippen LogP contribution in [0.3, 0.4) is 0 Å². The number of halogens is 3. The molecule has 6 nitrogen and oxygen atoms in total. The molecular weight excluding hydrogens is 575 g/mol. The van der Waals surface area contributed by atoms with E-state index in [0.717, 1.165) is 49.6 Å². The smallest absolute Gasteiger partial charge is 0.349 e. The molecule has 10 heteroatoms. The molecule has 0 heterocycles. The highest BCUT2D eigenvalue weighted by Gasteiger charge is 2.33. The number of hydrogen-bond acceptors (Lipinski definition) is 4. The van der Waals surface area contributed by atoms with Crippen molar-refractivity contribution in [1.29, 1.82) is 0 Å². The summed E-state index contributed by atoms with van der Waals surface area (Å²) in [7, 11) is -4.38. The highest BCUT2D eigenvalue weighted by atomic mass is 32.2. The zero-order chi connectivity index (χ0) is 31.4. The molecule has 3 atom stereocenters. The van der Waals surface area contributed by atoms with E-state index in [1.54, 1.807) is 30.3 Å². The second-order valence-corrected chi connectivity index (χ2v) is 14.2. The lowest BCUT2D eigenvalue weighted by molar-refractivity contribution is -0.137. The van der Waals surface area contributed by atoms with Crippen molar-refractivity contribution in [2.24, 2.45) is 5.41 Å². The van der Waals surface area contributed by atoms with Gasteiger partial charge in [-0.1, -0.05) is 75.4 Å². The highest BCUT2D eigenvalue weighted by molar-refractivity contribution is 7.89. The van der Waals surface area contributed by atoms with Gasteiger partial charge in [0.05, 0.1) is 22.5 Å². The third-order valence-corrected chi connectivity index (χ3v) is 9.09. The topological polar surface area (TPSA) is 87.3 Å². The first-order valence-corrected chi connectivity index (χ1v) is 16.0. The van der Waals surface area contributed by atoms with Crippen LogP contribution in [0.5, 0.6) is 0 Å². The summed E-state index contributed by atoms with van der Waals surface area (Å²) in [5, 5.41) is 6.67. The average Bonchev–Trinajstić information content (AvgIpc) is 2.95. The number of amides is 1. The average molecular weight is 616 g/mol. The number of fused-ring (bicyclic) bond motifs is 1. The Kier molecular flexibility index (Phi) is 10.0. The first-order chi connectivity index (χ1) is 20.1. The van der Waals surface area contributed by atoms with Crippen LogP contribution in [0.15, 0.2) is 77.7 Å². The van der Waals surface area contributed by atoms with E-state index in [-0.39, 0.29) is 29.8 Å². The fourth-order valence-electron chi connectivity index (χ4n) is 5.28. The van der Waals surface area contributed by atoms with Crippen molar-refractivity contribution in [2.45, 2.75) is 82.6 Å². The van der Waals surface area contributed by atoms with Crippen LogP contribution < -0.4 is 15.4 Å². The van der Waals surface area contributed by atoms with E-state index in [1.807, 2.05) is 0 Å². The number of hydrogen-bond donors (Lipinski definition) is 3. The molecule has 1 aliphatic carbocycles. The third kappa shape index (κ3) is 8.90. The summed E-state index contributed by atoms with van der Waals surface area (Å²) in [6, 6.07) is 17.4. The van der Waals surface area contributed by atoms with E-state index in [4.69, 9.17) is 0 Å². The summed E-state index contributed by atoms with van der Waals surface area (Å²) in [6.07, 6.45) is -2.36. The number of carbonyl (C=O) groups is 1. The van der Waals surface area contributed by atoms with Gasteiger partial charge in [-0.2, -0.15) is 13.2 Å². The molecule has 3 N–H and O–H groups in total. The highest BCUT2D eigenvalue weighted by Crippen LogP contribution is 2.33. The van der Waals surface area contributed by atoms with Gasteiger partial charge < -0.3 is 10.6 Å². The van der Waals surface area contributed by atoms with Gasteiger partial charge in [0.2, 0.25) is 15.9 Å². The Morgan fingerprint density at radius 1 is 0.953 bits per heavy atom. The molecule has 43 heavy (non-hydrogen) atoms. The molecule has 1 unspecified atom stereocenters. The summed E-state index contributed by atoms with van der Waals surface area (Å²) in [5.41, 5.74) is 3.04. The predicted octanol–water partition coefficient (Wildman–Crippen LogP) is 7.01. The number of rotatable bonds is 10. The van der Waals surface area contributed by atoms with Gasteiger partial charge in [0.15, 0.2) is 0 Å². The third-order valence-electron chi connectivity index (χ3n) is 7.62. The van der Waals surface area contributed by atoms with E-state index in [0.29, 0.717) is 11.6 Å². The molecule has 0 saturated carbocycles. The van der Waals surface area contributed by atoms with E-state index in [1.165, 1.54) is 11.1 Å². The lowest BCUT2D eigenvalue weighted by Crippen LogP contribution is -2.36. The van der Waals surface area contributed by atoms with Crippen LogP contribution in [0, 0.1) is 5.41 Å². The number of alkyl halides is 3. The molecule has 0 spiro atoms. The van der Waals surface area contributed by atoms with Gasteiger partial charge in [-0.3, -0.25) is 4.79 Å². The van der Waals surface area contributed by atoms with Gasteiger partial charge in [-0.25, -0.2) is 13.1 Å². The Bertz CT molecular complexity index is 1520. The van der Waals surface area contributed by atoms with Crippen LogP contribution in [0.25, 0.3) is 0 Å². The van der Waals surface area contributed by atoms with E-state index < -0.39 is 32.7 Å². The number of aryl methyl sites for hydroxylation is 1. The molecule has 0 saturated heterocycles. The maximum Gasteiger partial charge on any atom is 0.416 e. The van der Waals surface area contributed by atoms with Crippen molar-refractivity contribution in [2.75, 3.05) is 6.54 Å². The van der Waals surface area contributed by atoms with Gasteiger partial charge in [0.25, 0.3) is 0 Å². The van der Waals surface area contributed by atoms with Crippen LogP contribution >= 0.6 is 0 Å². The quantitative estimate of drug-likeness (QED) is 0.229.